The van der Waals surface area contributed by atoms with Gasteiger partial charge in [-0.2, -0.15) is 5.10 Å². The lowest BCUT2D eigenvalue weighted by Crippen LogP contribution is -2.27. The monoisotopic (exact) mass is 308 g/mol. The standard InChI is InChI=1S/C13H16N4O3S/c1-21(19,20)16-7-5-9(8-16)12-11(13(14)18)10-4-2-3-6-17(10)15-12/h2-4,6,9H,5,7-8H2,1H3,(H2,14,18)/t9-/m0/s1. The van der Waals surface area contributed by atoms with E-state index >= 15 is 0 Å². The lowest BCUT2D eigenvalue weighted by molar-refractivity contribution is 0.100. The molecule has 8 heteroatoms. The number of hydrogen-bond donors (Lipinski definition) is 1. The van der Waals surface area contributed by atoms with Crippen molar-refractivity contribution in [3.8, 4) is 0 Å². The van der Waals surface area contributed by atoms with Crippen LogP contribution < -0.4 is 5.73 Å². The zero-order chi connectivity index (χ0) is 15.2. The molecule has 1 saturated heterocycles. The van der Waals surface area contributed by atoms with Crippen LogP contribution in [-0.2, 0) is 10.0 Å². The summed E-state index contributed by atoms with van der Waals surface area (Å²) in [7, 11) is -3.22. The molecule has 0 saturated carbocycles. The van der Waals surface area contributed by atoms with Crippen molar-refractivity contribution in [1.29, 1.82) is 0 Å². The van der Waals surface area contributed by atoms with Crippen molar-refractivity contribution in [2.24, 2.45) is 5.73 Å². The number of nitrogens with two attached hydrogens (primary N) is 1. The van der Waals surface area contributed by atoms with Crippen molar-refractivity contribution in [1.82, 2.24) is 13.9 Å². The fraction of sp³-hybridized carbons (Fsp3) is 0.385. The van der Waals surface area contributed by atoms with Crippen LogP contribution in [0.1, 0.15) is 28.4 Å². The predicted octanol–water partition coefficient (Wildman–Crippen LogP) is 0.182. The second-order valence-electron chi connectivity index (χ2n) is 5.26. The highest BCUT2D eigenvalue weighted by atomic mass is 32.2. The number of primary amides is 1. The van der Waals surface area contributed by atoms with Gasteiger partial charge in [0.2, 0.25) is 10.0 Å². The summed E-state index contributed by atoms with van der Waals surface area (Å²) in [4.78, 5) is 11.8. The molecule has 2 aromatic heterocycles. The Labute approximate surface area is 122 Å². The Balaban J connectivity index is 2.05. The maximum absolute atomic E-state index is 11.8. The minimum Gasteiger partial charge on any atom is -0.365 e. The molecule has 0 bridgehead atoms. The molecule has 21 heavy (non-hydrogen) atoms. The van der Waals surface area contributed by atoms with E-state index in [0.717, 1.165) is 0 Å². The number of carbonyl (C=O) groups excluding carboxylic acids is 1. The minimum atomic E-state index is -3.22. The van der Waals surface area contributed by atoms with Crippen molar-refractivity contribution in [2.75, 3.05) is 19.3 Å². The van der Waals surface area contributed by atoms with E-state index in [1.54, 1.807) is 16.8 Å². The van der Waals surface area contributed by atoms with Crippen molar-refractivity contribution in [3.63, 3.8) is 0 Å². The van der Waals surface area contributed by atoms with Gasteiger partial charge < -0.3 is 5.73 Å². The van der Waals surface area contributed by atoms with Crippen molar-refractivity contribution in [3.05, 3.63) is 35.7 Å². The fourth-order valence-electron chi connectivity index (χ4n) is 2.81. The van der Waals surface area contributed by atoms with Crippen LogP contribution in [0.15, 0.2) is 24.4 Å². The van der Waals surface area contributed by atoms with Gasteiger partial charge in [0, 0.05) is 25.2 Å². The number of aromatic nitrogens is 2. The summed E-state index contributed by atoms with van der Waals surface area (Å²) in [5.74, 6) is -0.647. The molecule has 1 aliphatic heterocycles. The fourth-order valence-corrected chi connectivity index (χ4v) is 3.70. The summed E-state index contributed by atoms with van der Waals surface area (Å²) in [6.07, 6.45) is 3.57. The summed E-state index contributed by atoms with van der Waals surface area (Å²) < 4.78 is 26.2. The first kappa shape index (κ1) is 14.0. The van der Waals surface area contributed by atoms with Gasteiger partial charge >= 0.3 is 0 Å². The number of rotatable bonds is 3. The molecule has 0 spiro atoms. The number of carbonyl (C=O) groups is 1. The number of amides is 1. The second kappa shape index (κ2) is 4.81. The molecule has 1 aliphatic rings. The Kier molecular flexibility index (Phi) is 3.22. The molecule has 1 atom stereocenters. The zero-order valence-corrected chi connectivity index (χ0v) is 12.4. The molecule has 0 aromatic carbocycles. The molecule has 0 unspecified atom stereocenters. The highest BCUT2D eigenvalue weighted by Gasteiger charge is 2.34. The Morgan fingerprint density at radius 3 is 2.81 bits per heavy atom. The normalized spacial score (nSPS) is 20.1. The topological polar surface area (TPSA) is 97.8 Å². The lowest BCUT2D eigenvalue weighted by atomic mass is 10.00. The average molecular weight is 308 g/mol. The van der Waals surface area contributed by atoms with Gasteiger partial charge in [0.1, 0.15) is 0 Å². The minimum absolute atomic E-state index is 0.109. The molecule has 2 aromatic rings. The predicted molar refractivity (Wildman–Crippen MR) is 77.5 cm³/mol. The lowest BCUT2D eigenvalue weighted by Gasteiger charge is -2.12. The van der Waals surface area contributed by atoms with Crippen molar-refractivity contribution < 1.29 is 13.2 Å². The van der Waals surface area contributed by atoms with Crippen LogP contribution in [0, 0.1) is 0 Å². The molecule has 7 nitrogen and oxygen atoms in total. The number of hydrogen-bond acceptors (Lipinski definition) is 4. The van der Waals surface area contributed by atoms with E-state index in [9.17, 15) is 13.2 Å². The maximum atomic E-state index is 11.8. The van der Waals surface area contributed by atoms with Gasteiger partial charge in [-0.05, 0) is 18.6 Å². The highest BCUT2D eigenvalue weighted by Crippen LogP contribution is 2.31. The number of pyridine rings is 1. The summed E-state index contributed by atoms with van der Waals surface area (Å²) in [5.41, 5.74) is 7.11. The molecule has 1 amide bonds. The van der Waals surface area contributed by atoms with Gasteiger partial charge in [0.15, 0.2) is 0 Å². The van der Waals surface area contributed by atoms with E-state index in [-0.39, 0.29) is 5.92 Å². The van der Waals surface area contributed by atoms with E-state index < -0.39 is 15.9 Å². The molecule has 3 rings (SSSR count). The molecule has 112 valence electrons. The van der Waals surface area contributed by atoms with Crippen LogP contribution in [-0.4, -0.2) is 47.6 Å². The smallest absolute Gasteiger partial charge is 0.252 e. The van der Waals surface area contributed by atoms with Crippen LogP contribution in [0.4, 0.5) is 0 Å². The van der Waals surface area contributed by atoms with Crippen LogP contribution in [0.25, 0.3) is 5.52 Å². The van der Waals surface area contributed by atoms with Gasteiger partial charge in [-0.15, -0.1) is 0 Å². The quantitative estimate of drug-likeness (QED) is 0.874. The molecule has 2 N–H and O–H groups in total. The van der Waals surface area contributed by atoms with Gasteiger partial charge in [-0.3, -0.25) is 4.79 Å². The van der Waals surface area contributed by atoms with Crippen LogP contribution in [0.2, 0.25) is 0 Å². The Morgan fingerprint density at radius 1 is 1.43 bits per heavy atom. The van der Waals surface area contributed by atoms with Crippen molar-refractivity contribution >= 4 is 21.4 Å². The van der Waals surface area contributed by atoms with Gasteiger partial charge in [-0.1, -0.05) is 6.07 Å². The van der Waals surface area contributed by atoms with Crippen LogP contribution in [0.3, 0.4) is 0 Å². The second-order valence-corrected chi connectivity index (χ2v) is 7.24. The first-order chi connectivity index (χ1) is 9.88. The highest BCUT2D eigenvalue weighted by molar-refractivity contribution is 7.88. The number of sulfonamides is 1. The van der Waals surface area contributed by atoms with Gasteiger partial charge in [-0.25, -0.2) is 17.2 Å². The van der Waals surface area contributed by atoms with Crippen LogP contribution in [0.5, 0.6) is 0 Å². The molecule has 0 radical (unpaired) electrons. The summed E-state index contributed by atoms with van der Waals surface area (Å²) in [6, 6.07) is 5.40. The molecule has 1 fully saturated rings. The van der Waals surface area contributed by atoms with E-state index in [1.165, 1.54) is 10.6 Å². The first-order valence-corrected chi connectivity index (χ1v) is 8.45. The third kappa shape index (κ3) is 2.40. The van der Waals surface area contributed by atoms with Gasteiger partial charge in [0.05, 0.1) is 23.0 Å². The Bertz CT molecular complexity index is 812. The Hall–Kier alpha value is -1.93. The summed E-state index contributed by atoms with van der Waals surface area (Å²) in [6.45, 7) is 0.776. The largest absolute Gasteiger partial charge is 0.365 e. The van der Waals surface area contributed by atoms with Crippen molar-refractivity contribution in [2.45, 2.75) is 12.3 Å². The molecule has 3 heterocycles. The third-order valence-electron chi connectivity index (χ3n) is 3.82. The number of nitrogens with zero attached hydrogens (tertiary/aromatic N) is 3. The van der Waals surface area contributed by atoms with E-state index in [1.807, 2.05) is 12.1 Å². The summed E-state index contributed by atoms with van der Waals surface area (Å²) in [5, 5.41) is 4.43. The molecular weight excluding hydrogens is 292 g/mol. The van der Waals surface area contributed by atoms with E-state index in [4.69, 9.17) is 5.73 Å². The van der Waals surface area contributed by atoms with Crippen LogP contribution >= 0.6 is 0 Å². The molecule has 0 aliphatic carbocycles. The zero-order valence-electron chi connectivity index (χ0n) is 11.6. The summed E-state index contributed by atoms with van der Waals surface area (Å²) >= 11 is 0. The van der Waals surface area contributed by atoms with E-state index in [0.29, 0.717) is 36.3 Å². The van der Waals surface area contributed by atoms with Gasteiger partial charge in [0.25, 0.3) is 5.91 Å². The average Bonchev–Trinajstić information content (AvgIpc) is 3.02. The van der Waals surface area contributed by atoms with E-state index in [2.05, 4.69) is 5.10 Å². The Morgan fingerprint density at radius 2 is 2.19 bits per heavy atom. The SMILES string of the molecule is CS(=O)(=O)N1CC[C@H](c2nn3ccccc3c2C(N)=O)C1. The maximum Gasteiger partial charge on any atom is 0.252 e. The number of fused-ring (bicyclic) bond motifs is 1. The molecular formula is C13H16N4O3S. The first-order valence-electron chi connectivity index (χ1n) is 6.60. The third-order valence-corrected chi connectivity index (χ3v) is 5.09.